The van der Waals surface area contributed by atoms with E-state index in [1.807, 2.05) is 59.1 Å². The minimum absolute atomic E-state index is 0.0483. The second kappa shape index (κ2) is 8.49. The molecule has 0 bridgehead atoms. The zero-order valence-corrected chi connectivity index (χ0v) is 17.0. The fraction of sp³-hybridized carbons (Fsp3) is 0.304. The van der Waals surface area contributed by atoms with Gasteiger partial charge in [0, 0.05) is 31.5 Å². The van der Waals surface area contributed by atoms with Gasteiger partial charge in [-0.3, -0.25) is 0 Å². The molecule has 0 saturated carbocycles. The summed E-state index contributed by atoms with van der Waals surface area (Å²) in [4.78, 5) is 17.4. The highest BCUT2D eigenvalue weighted by Gasteiger charge is 2.29. The summed E-state index contributed by atoms with van der Waals surface area (Å²) >= 11 is 0. The van der Waals surface area contributed by atoms with Gasteiger partial charge >= 0.3 is 6.03 Å². The van der Waals surface area contributed by atoms with E-state index in [9.17, 15) is 4.79 Å². The third-order valence-electron chi connectivity index (χ3n) is 5.35. The van der Waals surface area contributed by atoms with Gasteiger partial charge in [-0.25, -0.2) is 9.48 Å². The van der Waals surface area contributed by atoms with Crippen molar-refractivity contribution in [1.82, 2.24) is 19.6 Å². The van der Waals surface area contributed by atoms with Crippen molar-refractivity contribution in [3.05, 3.63) is 78.1 Å². The Morgan fingerprint density at radius 1 is 1.10 bits per heavy atom. The molecular weight excluding hydrogens is 362 g/mol. The minimum atomic E-state index is -0.0483. The Bertz CT molecular complexity index is 968. The van der Waals surface area contributed by atoms with Gasteiger partial charge in [-0.1, -0.05) is 36.4 Å². The Balaban J connectivity index is 1.49. The van der Waals surface area contributed by atoms with Crippen LogP contribution in [0, 0.1) is 6.92 Å². The van der Waals surface area contributed by atoms with E-state index in [0.29, 0.717) is 0 Å². The highest BCUT2D eigenvalue weighted by atomic mass is 16.2. The summed E-state index contributed by atoms with van der Waals surface area (Å²) in [7, 11) is 2.11. The molecule has 1 aromatic heterocycles. The Morgan fingerprint density at radius 3 is 2.69 bits per heavy atom. The molecule has 0 aliphatic carbocycles. The highest BCUT2D eigenvalue weighted by molar-refractivity contribution is 5.90. The van der Waals surface area contributed by atoms with Crippen LogP contribution in [-0.2, 0) is 6.42 Å². The molecule has 4 rings (SSSR count). The van der Waals surface area contributed by atoms with Gasteiger partial charge < -0.3 is 15.1 Å². The third-order valence-corrected chi connectivity index (χ3v) is 5.35. The summed E-state index contributed by atoms with van der Waals surface area (Å²) < 4.78 is 1.82. The van der Waals surface area contributed by atoms with Gasteiger partial charge in [0.25, 0.3) is 0 Å². The Morgan fingerprint density at radius 2 is 1.93 bits per heavy atom. The summed E-state index contributed by atoms with van der Waals surface area (Å²) in [6.45, 7) is 4.43. The topological polar surface area (TPSA) is 53.4 Å². The summed E-state index contributed by atoms with van der Waals surface area (Å²) in [5.74, 6) is 0. The van der Waals surface area contributed by atoms with Crippen LogP contribution in [0.25, 0.3) is 5.69 Å². The smallest absolute Gasteiger partial charge is 0.319 e. The number of anilines is 1. The lowest BCUT2D eigenvalue weighted by atomic mass is 10.0. The lowest BCUT2D eigenvalue weighted by Crippen LogP contribution is -2.56. The maximum atomic E-state index is 13.1. The number of amides is 2. The van der Waals surface area contributed by atoms with Gasteiger partial charge in [0.2, 0.25) is 0 Å². The van der Waals surface area contributed by atoms with Gasteiger partial charge in [-0.15, -0.1) is 0 Å². The van der Waals surface area contributed by atoms with E-state index in [1.165, 1.54) is 5.56 Å². The molecule has 2 aromatic carbocycles. The molecule has 2 amide bonds. The summed E-state index contributed by atoms with van der Waals surface area (Å²) in [6.07, 6.45) is 2.78. The zero-order chi connectivity index (χ0) is 20.2. The summed E-state index contributed by atoms with van der Waals surface area (Å²) in [5.41, 5.74) is 3.91. The van der Waals surface area contributed by atoms with Crippen LogP contribution in [-0.4, -0.2) is 58.3 Å². The number of aromatic nitrogens is 2. The lowest BCUT2D eigenvalue weighted by molar-refractivity contribution is 0.116. The maximum absolute atomic E-state index is 13.1. The Hall–Kier alpha value is -3.12. The van der Waals surface area contributed by atoms with E-state index in [2.05, 4.69) is 46.6 Å². The molecule has 1 unspecified atom stereocenters. The van der Waals surface area contributed by atoms with Crippen LogP contribution in [0.5, 0.6) is 0 Å². The van der Waals surface area contributed by atoms with Crippen LogP contribution in [0.3, 0.4) is 0 Å². The van der Waals surface area contributed by atoms with Crippen molar-refractivity contribution in [2.45, 2.75) is 19.4 Å². The SMILES string of the molecule is Cc1ccn(-c2cccc(NC(=O)N3CCN(C)CC3Cc3ccccc3)c2)n1. The van der Waals surface area contributed by atoms with Crippen LogP contribution in [0.15, 0.2) is 66.9 Å². The largest absolute Gasteiger partial charge is 0.322 e. The van der Waals surface area contributed by atoms with Crippen molar-refractivity contribution >= 4 is 11.7 Å². The Labute approximate surface area is 171 Å². The number of nitrogens with zero attached hydrogens (tertiary/aromatic N) is 4. The van der Waals surface area contributed by atoms with E-state index in [4.69, 9.17) is 0 Å². The summed E-state index contributed by atoms with van der Waals surface area (Å²) in [6, 6.07) is 20.2. The molecule has 1 atom stereocenters. The number of piperazine rings is 1. The number of hydrogen-bond acceptors (Lipinski definition) is 3. The maximum Gasteiger partial charge on any atom is 0.322 e. The number of likely N-dealkylation sites (N-methyl/N-ethyl adjacent to an activating group) is 1. The van der Waals surface area contributed by atoms with Crippen LogP contribution < -0.4 is 5.32 Å². The van der Waals surface area contributed by atoms with Crippen LogP contribution in [0.2, 0.25) is 0 Å². The van der Waals surface area contributed by atoms with Crippen molar-refractivity contribution in [1.29, 1.82) is 0 Å². The first-order chi connectivity index (χ1) is 14.1. The van der Waals surface area contributed by atoms with E-state index in [-0.39, 0.29) is 12.1 Å². The predicted octanol–water partition coefficient (Wildman–Crippen LogP) is 3.57. The molecular formula is C23H27N5O. The first-order valence-corrected chi connectivity index (χ1v) is 10.0. The fourth-order valence-electron chi connectivity index (χ4n) is 3.82. The van der Waals surface area contributed by atoms with E-state index in [1.54, 1.807) is 0 Å². The molecule has 1 N–H and O–H groups in total. The monoisotopic (exact) mass is 389 g/mol. The highest BCUT2D eigenvalue weighted by Crippen LogP contribution is 2.18. The number of benzene rings is 2. The molecule has 1 aliphatic rings. The van der Waals surface area contributed by atoms with Gasteiger partial charge in [0.1, 0.15) is 0 Å². The average Bonchev–Trinajstić information content (AvgIpc) is 3.15. The van der Waals surface area contributed by atoms with Crippen LogP contribution in [0.4, 0.5) is 10.5 Å². The summed E-state index contributed by atoms with van der Waals surface area (Å²) in [5, 5.41) is 7.53. The molecule has 29 heavy (non-hydrogen) atoms. The molecule has 0 spiro atoms. The molecule has 1 saturated heterocycles. The zero-order valence-electron chi connectivity index (χ0n) is 17.0. The number of nitrogens with one attached hydrogen (secondary N) is 1. The van der Waals surface area contributed by atoms with Gasteiger partial charge in [0.15, 0.2) is 0 Å². The van der Waals surface area contributed by atoms with E-state index in [0.717, 1.165) is 43.1 Å². The molecule has 150 valence electrons. The second-order valence-electron chi connectivity index (χ2n) is 7.68. The molecule has 0 radical (unpaired) electrons. The van der Waals surface area contributed by atoms with Crippen LogP contribution in [0.1, 0.15) is 11.3 Å². The van der Waals surface area contributed by atoms with Gasteiger partial charge in [0.05, 0.1) is 17.4 Å². The first kappa shape index (κ1) is 19.2. The van der Waals surface area contributed by atoms with E-state index < -0.39 is 0 Å². The normalized spacial score (nSPS) is 17.3. The molecule has 2 heterocycles. The molecule has 1 fully saturated rings. The number of carbonyl (C=O) groups is 1. The Kier molecular flexibility index (Phi) is 5.62. The van der Waals surface area contributed by atoms with Crippen LogP contribution >= 0.6 is 0 Å². The van der Waals surface area contributed by atoms with Crippen molar-refractivity contribution in [2.24, 2.45) is 0 Å². The van der Waals surface area contributed by atoms with Crippen molar-refractivity contribution in [3.63, 3.8) is 0 Å². The number of rotatable bonds is 4. The second-order valence-corrected chi connectivity index (χ2v) is 7.68. The van der Waals surface area contributed by atoms with E-state index >= 15 is 0 Å². The molecule has 3 aromatic rings. The van der Waals surface area contributed by atoms with Crippen molar-refractivity contribution in [3.8, 4) is 5.69 Å². The molecule has 6 nitrogen and oxygen atoms in total. The van der Waals surface area contributed by atoms with Crippen molar-refractivity contribution < 1.29 is 4.79 Å². The fourth-order valence-corrected chi connectivity index (χ4v) is 3.82. The average molecular weight is 390 g/mol. The first-order valence-electron chi connectivity index (χ1n) is 10.0. The number of urea groups is 1. The minimum Gasteiger partial charge on any atom is -0.319 e. The quantitative estimate of drug-likeness (QED) is 0.742. The lowest BCUT2D eigenvalue weighted by Gasteiger charge is -2.40. The molecule has 6 heteroatoms. The number of hydrogen-bond donors (Lipinski definition) is 1. The predicted molar refractivity (Wildman–Crippen MR) is 115 cm³/mol. The van der Waals surface area contributed by atoms with Gasteiger partial charge in [-0.2, -0.15) is 5.10 Å². The number of aryl methyl sites for hydroxylation is 1. The van der Waals surface area contributed by atoms with Crippen molar-refractivity contribution in [2.75, 3.05) is 32.0 Å². The van der Waals surface area contributed by atoms with Gasteiger partial charge in [-0.05, 0) is 50.2 Å². The molecule has 1 aliphatic heterocycles. The number of carbonyl (C=O) groups excluding carboxylic acids is 1. The third kappa shape index (κ3) is 4.66. The standard InChI is InChI=1S/C23H27N5O/c1-18-11-12-28(25-18)21-10-6-9-20(16-21)24-23(29)27-14-13-26(2)17-22(27)15-19-7-4-3-5-8-19/h3-12,16,22H,13-15,17H2,1-2H3,(H,24,29).